The molecule has 5 nitrogen and oxygen atoms in total. The Morgan fingerprint density at radius 2 is 1.96 bits per heavy atom. The number of benzene rings is 2. The number of ether oxygens (including phenoxy) is 1. The van der Waals surface area contributed by atoms with Crippen molar-refractivity contribution in [3.63, 3.8) is 0 Å². The van der Waals surface area contributed by atoms with Crippen molar-refractivity contribution >= 4 is 17.4 Å². The van der Waals surface area contributed by atoms with Gasteiger partial charge in [-0.1, -0.05) is 12.1 Å². The number of carbonyl (C=O) groups is 1. The summed E-state index contributed by atoms with van der Waals surface area (Å²) in [6, 6.07) is 16.2. The van der Waals surface area contributed by atoms with Gasteiger partial charge in [-0.15, -0.1) is 0 Å². The Hall–Kier alpha value is -2.69. The van der Waals surface area contributed by atoms with Gasteiger partial charge in [0.25, 0.3) is 0 Å². The van der Waals surface area contributed by atoms with E-state index in [0.717, 1.165) is 18.0 Å². The van der Waals surface area contributed by atoms with Gasteiger partial charge in [0.1, 0.15) is 5.75 Å². The molecule has 0 unspecified atom stereocenters. The van der Waals surface area contributed by atoms with Crippen LogP contribution >= 0.6 is 0 Å². The molecular weight excluding hydrogens is 326 g/mol. The lowest BCUT2D eigenvalue weighted by molar-refractivity contribution is 0.200. The van der Waals surface area contributed by atoms with Crippen LogP contribution in [0.15, 0.2) is 48.5 Å². The van der Waals surface area contributed by atoms with Gasteiger partial charge in [-0.2, -0.15) is 0 Å². The Morgan fingerprint density at radius 3 is 2.62 bits per heavy atom. The molecule has 0 spiro atoms. The van der Waals surface area contributed by atoms with Crippen LogP contribution in [0.25, 0.3) is 0 Å². The van der Waals surface area contributed by atoms with Crippen molar-refractivity contribution < 1.29 is 9.53 Å². The molecule has 2 aromatic rings. The third kappa shape index (κ3) is 4.28. The van der Waals surface area contributed by atoms with Crippen molar-refractivity contribution in [1.82, 2.24) is 4.90 Å². The molecular formula is C21H27N3O2. The van der Waals surface area contributed by atoms with Crippen LogP contribution in [0.2, 0.25) is 0 Å². The average molecular weight is 353 g/mol. The smallest absolute Gasteiger partial charge is 0.321 e. The molecule has 0 saturated carbocycles. The van der Waals surface area contributed by atoms with E-state index in [1.54, 1.807) is 0 Å². The van der Waals surface area contributed by atoms with Crippen LogP contribution in [-0.2, 0) is 0 Å². The van der Waals surface area contributed by atoms with E-state index in [1.165, 1.54) is 11.3 Å². The standard InChI is InChI=1S/C21H27N3O2/c1-4-26-20-10-8-18(9-11-20)22-21(25)23-12-13-24(17(3)15-23)19-7-5-6-16(2)14-19/h5-11,14,17H,4,12-13,15H2,1-3H3,(H,22,25)/t17-/m0/s1. The zero-order valence-electron chi connectivity index (χ0n) is 15.7. The summed E-state index contributed by atoms with van der Waals surface area (Å²) in [6.07, 6.45) is 0. The van der Waals surface area contributed by atoms with Gasteiger partial charge in [-0.05, 0) is 62.7 Å². The number of carbonyl (C=O) groups excluding carboxylic acids is 1. The maximum Gasteiger partial charge on any atom is 0.321 e. The van der Waals surface area contributed by atoms with Crippen molar-refractivity contribution in [1.29, 1.82) is 0 Å². The molecule has 0 aromatic heterocycles. The Bertz CT molecular complexity index is 745. The van der Waals surface area contributed by atoms with Crippen molar-refractivity contribution in [2.45, 2.75) is 26.8 Å². The molecule has 1 heterocycles. The summed E-state index contributed by atoms with van der Waals surface area (Å²) in [5, 5.41) is 2.98. The minimum atomic E-state index is -0.0510. The number of hydrogen-bond donors (Lipinski definition) is 1. The third-order valence-corrected chi connectivity index (χ3v) is 4.66. The first kappa shape index (κ1) is 18.1. The normalized spacial score (nSPS) is 17.1. The highest BCUT2D eigenvalue weighted by Crippen LogP contribution is 2.22. The maximum absolute atomic E-state index is 12.6. The monoisotopic (exact) mass is 353 g/mol. The molecule has 0 aliphatic carbocycles. The van der Waals surface area contributed by atoms with Gasteiger partial charge in [0.15, 0.2) is 0 Å². The average Bonchev–Trinajstić information content (AvgIpc) is 2.63. The number of urea groups is 1. The first-order chi connectivity index (χ1) is 12.6. The fraction of sp³-hybridized carbons (Fsp3) is 0.381. The predicted molar refractivity (Wildman–Crippen MR) is 106 cm³/mol. The number of anilines is 2. The molecule has 3 rings (SSSR count). The SMILES string of the molecule is CCOc1ccc(NC(=O)N2CCN(c3cccc(C)c3)[C@@H](C)C2)cc1. The van der Waals surface area contributed by atoms with Crippen molar-refractivity contribution in [2.75, 3.05) is 36.5 Å². The summed E-state index contributed by atoms with van der Waals surface area (Å²) < 4.78 is 5.43. The number of amides is 2. The van der Waals surface area contributed by atoms with E-state index in [4.69, 9.17) is 4.74 Å². The van der Waals surface area contributed by atoms with E-state index in [2.05, 4.69) is 48.3 Å². The quantitative estimate of drug-likeness (QED) is 0.899. The largest absolute Gasteiger partial charge is 0.494 e. The van der Waals surface area contributed by atoms with E-state index in [0.29, 0.717) is 19.7 Å². The Labute approximate surface area is 155 Å². The second-order valence-electron chi connectivity index (χ2n) is 6.71. The Balaban J connectivity index is 1.58. The summed E-state index contributed by atoms with van der Waals surface area (Å²) in [7, 11) is 0. The van der Waals surface area contributed by atoms with Gasteiger partial charge in [0.2, 0.25) is 0 Å². The fourth-order valence-corrected chi connectivity index (χ4v) is 3.34. The maximum atomic E-state index is 12.6. The lowest BCUT2D eigenvalue weighted by atomic mass is 10.1. The summed E-state index contributed by atoms with van der Waals surface area (Å²) >= 11 is 0. The van der Waals surface area contributed by atoms with Gasteiger partial charge >= 0.3 is 6.03 Å². The molecule has 1 aliphatic heterocycles. The number of rotatable bonds is 4. The van der Waals surface area contributed by atoms with Crippen LogP contribution in [0.5, 0.6) is 5.75 Å². The fourth-order valence-electron chi connectivity index (χ4n) is 3.34. The van der Waals surface area contributed by atoms with Crippen LogP contribution in [0.4, 0.5) is 16.2 Å². The Morgan fingerprint density at radius 1 is 1.19 bits per heavy atom. The number of aryl methyl sites for hydroxylation is 1. The molecule has 138 valence electrons. The molecule has 2 aromatic carbocycles. The van der Waals surface area contributed by atoms with Crippen molar-refractivity contribution in [3.8, 4) is 5.75 Å². The molecule has 0 bridgehead atoms. The first-order valence-electron chi connectivity index (χ1n) is 9.19. The van der Waals surface area contributed by atoms with Gasteiger partial charge in [-0.25, -0.2) is 4.79 Å². The zero-order chi connectivity index (χ0) is 18.5. The zero-order valence-corrected chi connectivity index (χ0v) is 15.7. The van der Waals surface area contributed by atoms with Crippen LogP contribution < -0.4 is 15.0 Å². The van der Waals surface area contributed by atoms with Crippen molar-refractivity contribution in [2.24, 2.45) is 0 Å². The minimum absolute atomic E-state index is 0.0510. The topological polar surface area (TPSA) is 44.8 Å². The summed E-state index contributed by atoms with van der Waals surface area (Å²) in [6.45, 7) is 9.11. The molecule has 1 fully saturated rings. The highest BCUT2D eigenvalue weighted by Gasteiger charge is 2.27. The molecule has 5 heteroatoms. The van der Waals surface area contributed by atoms with E-state index in [-0.39, 0.29) is 12.1 Å². The van der Waals surface area contributed by atoms with E-state index < -0.39 is 0 Å². The van der Waals surface area contributed by atoms with E-state index in [1.807, 2.05) is 36.1 Å². The predicted octanol–water partition coefficient (Wildman–Crippen LogP) is 4.14. The van der Waals surface area contributed by atoms with Crippen LogP contribution in [0, 0.1) is 6.92 Å². The lowest BCUT2D eigenvalue weighted by Gasteiger charge is -2.41. The van der Waals surface area contributed by atoms with Gasteiger partial charge in [0, 0.05) is 37.1 Å². The third-order valence-electron chi connectivity index (χ3n) is 4.66. The number of piperazine rings is 1. The molecule has 2 amide bonds. The summed E-state index contributed by atoms with van der Waals surface area (Å²) in [5.74, 6) is 0.811. The highest BCUT2D eigenvalue weighted by molar-refractivity contribution is 5.89. The molecule has 1 aliphatic rings. The second kappa shape index (κ2) is 8.13. The number of nitrogens with one attached hydrogen (secondary N) is 1. The first-order valence-corrected chi connectivity index (χ1v) is 9.19. The molecule has 26 heavy (non-hydrogen) atoms. The van der Waals surface area contributed by atoms with Crippen LogP contribution in [-0.4, -0.2) is 43.2 Å². The molecule has 1 N–H and O–H groups in total. The van der Waals surface area contributed by atoms with E-state index >= 15 is 0 Å². The minimum Gasteiger partial charge on any atom is -0.494 e. The number of nitrogens with zero attached hydrogens (tertiary/aromatic N) is 2. The van der Waals surface area contributed by atoms with Crippen molar-refractivity contribution in [3.05, 3.63) is 54.1 Å². The molecule has 0 radical (unpaired) electrons. The van der Waals surface area contributed by atoms with E-state index in [9.17, 15) is 4.79 Å². The highest BCUT2D eigenvalue weighted by atomic mass is 16.5. The number of hydrogen-bond acceptors (Lipinski definition) is 3. The molecule has 1 atom stereocenters. The second-order valence-corrected chi connectivity index (χ2v) is 6.71. The van der Waals surface area contributed by atoms with Gasteiger partial charge < -0.3 is 19.9 Å². The van der Waals surface area contributed by atoms with Gasteiger partial charge in [-0.3, -0.25) is 0 Å². The summed E-state index contributed by atoms with van der Waals surface area (Å²) in [5.41, 5.74) is 3.27. The molecule has 1 saturated heterocycles. The van der Waals surface area contributed by atoms with Gasteiger partial charge in [0.05, 0.1) is 6.61 Å². The van der Waals surface area contributed by atoms with Crippen LogP contribution in [0.1, 0.15) is 19.4 Å². The summed E-state index contributed by atoms with van der Waals surface area (Å²) in [4.78, 5) is 16.8. The van der Waals surface area contributed by atoms with Crippen LogP contribution in [0.3, 0.4) is 0 Å². The lowest BCUT2D eigenvalue weighted by Crippen LogP contribution is -2.54. The Kier molecular flexibility index (Phi) is 5.66.